The summed E-state index contributed by atoms with van der Waals surface area (Å²) in [7, 11) is -3.61. The first kappa shape index (κ1) is 17.7. The molecule has 0 spiro atoms. The Bertz CT molecular complexity index is 727. The lowest BCUT2D eigenvalue weighted by Gasteiger charge is -2.20. The van der Waals surface area contributed by atoms with Crippen molar-refractivity contribution in [3.63, 3.8) is 0 Å². The van der Waals surface area contributed by atoms with Crippen LogP contribution in [0.4, 0.5) is 0 Å². The molecule has 0 saturated heterocycles. The van der Waals surface area contributed by atoms with Crippen molar-refractivity contribution in [1.29, 1.82) is 0 Å². The number of hydrogen-bond acceptors (Lipinski definition) is 3. The van der Waals surface area contributed by atoms with Crippen molar-refractivity contribution >= 4 is 18.2 Å². The van der Waals surface area contributed by atoms with Crippen molar-refractivity contribution < 1.29 is 13.9 Å². The van der Waals surface area contributed by atoms with Gasteiger partial charge in [-0.15, -0.1) is 0 Å². The molecule has 1 atom stereocenters. The molecule has 23 heavy (non-hydrogen) atoms. The average molecular weight is 330 g/mol. The highest BCUT2D eigenvalue weighted by Crippen LogP contribution is 2.50. The summed E-state index contributed by atoms with van der Waals surface area (Å²) in [5.74, 6) is 0. The van der Waals surface area contributed by atoms with Gasteiger partial charge < -0.3 is 4.52 Å². The van der Waals surface area contributed by atoms with Crippen LogP contribution in [0.1, 0.15) is 40.4 Å². The molecule has 0 heterocycles. The van der Waals surface area contributed by atoms with Crippen LogP contribution in [0.5, 0.6) is 0 Å². The van der Waals surface area contributed by atoms with Gasteiger partial charge in [0.05, 0.1) is 6.61 Å². The van der Waals surface area contributed by atoms with Gasteiger partial charge in [-0.1, -0.05) is 42.8 Å². The lowest BCUT2D eigenvalue weighted by atomic mass is 10.0. The molecule has 3 nitrogen and oxygen atoms in total. The molecule has 0 aliphatic rings. The zero-order valence-electron chi connectivity index (χ0n) is 14.1. The maximum atomic E-state index is 13.5. The number of rotatable bonds is 6. The van der Waals surface area contributed by atoms with Gasteiger partial charge in [0, 0.05) is 10.9 Å². The second-order valence-electron chi connectivity index (χ2n) is 5.80. The summed E-state index contributed by atoms with van der Waals surface area (Å²) < 4.78 is 19.1. The fourth-order valence-electron chi connectivity index (χ4n) is 2.76. The minimum absolute atomic E-state index is 0.294. The molecule has 0 aliphatic heterocycles. The fraction of sp³-hybridized carbons (Fsp3) is 0.316. The van der Waals surface area contributed by atoms with Gasteiger partial charge in [0.15, 0.2) is 0 Å². The maximum absolute atomic E-state index is 13.5. The lowest BCUT2D eigenvalue weighted by Crippen LogP contribution is -2.18. The topological polar surface area (TPSA) is 43.4 Å². The van der Waals surface area contributed by atoms with E-state index in [2.05, 4.69) is 0 Å². The van der Waals surface area contributed by atoms with Crippen LogP contribution in [-0.2, 0) is 9.09 Å². The van der Waals surface area contributed by atoms with Crippen LogP contribution in [-0.4, -0.2) is 12.1 Å². The van der Waals surface area contributed by atoms with Crippen molar-refractivity contribution in [2.24, 2.45) is 0 Å². The summed E-state index contributed by atoms with van der Waals surface area (Å²) >= 11 is 0. The Kier molecular flexibility index (Phi) is 5.56. The van der Waals surface area contributed by atoms with Gasteiger partial charge in [-0.2, -0.15) is 0 Å². The third-order valence-corrected chi connectivity index (χ3v) is 6.01. The van der Waals surface area contributed by atoms with E-state index in [-0.39, 0.29) is 0 Å². The van der Waals surface area contributed by atoms with Crippen LogP contribution in [0.3, 0.4) is 0 Å². The molecule has 0 amide bonds. The Morgan fingerprint density at radius 3 is 2.13 bits per heavy atom. The van der Waals surface area contributed by atoms with E-state index in [0.717, 1.165) is 16.7 Å². The standard InChI is InChI=1S/C19H23O3P/c1-5-11-22-23(21,17-9-7-6-8-10-17)19(20)18-15(3)12-14(2)13-16(18)4/h6-10,12-13H,5,11H2,1-4H3. The molecule has 0 aromatic heterocycles. The van der Waals surface area contributed by atoms with Gasteiger partial charge in [0.25, 0.3) is 5.52 Å². The van der Waals surface area contributed by atoms with E-state index in [1.807, 2.05) is 45.9 Å². The molecule has 2 aromatic carbocycles. The van der Waals surface area contributed by atoms with Crippen molar-refractivity contribution in [3.05, 3.63) is 64.7 Å². The molecule has 1 unspecified atom stereocenters. The minimum Gasteiger partial charge on any atom is -0.320 e. The van der Waals surface area contributed by atoms with Crippen LogP contribution in [0.15, 0.2) is 42.5 Å². The van der Waals surface area contributed by atoms with Gasteiger partial charge in [0.1, 0.15) is 0 Å². The molecule has 0 N–H and O–H groups in total. The van der Waals surface area contributed by atoms with E-state index in [9.17, 15) is 9.36 Å². The Morgan fingerprint density at radius 2 is 1.61 bits per heavy atom. The van der Waals surface area contributed by atoms with Crippen LogP contribution in [0.2, 0.25) is 0 Å². The Morgan fingerprint density at radius 1 is 1.04 bits per heavy atom. The summed E-state index contributed by atoms with van der Waals surface area (Å²) in [5.41, 5.74) is 2.86. The molecule has 0 saturated carbocycles. The Labute approximate surface area is 138 Å². The SMILES string of the molecule is CCCOP(=O)(C(=O)c1c(C)cc(C)cc1C)c1ccccc1. The van der Waals surface area contributed by atoms with E-state index >= 15 is 0 Å². The average Bonchev–Trinajstić information content (AvgIpc) is 2.52. The van der Waals surface area contributed by atoms with E-state index in [0.29, 0.717) is 23.9 Å². The van der Waals surface area contributed by atoms with Crippen molar-refractivity contribution in [3.8, 4) is 0 Å². The van der Waals surface area contributed by atoms with Gasteiger partial charge >= 0.3 is 7.37 Å². The molecule has 4 heteroatoms. The van der Waals surface area contributed by atoms with Crippen LogP contribution in [0.25, 0.3) is 0 Å². The first-order valence-corrected chi connectivity index (χ1v) is 9.45. The first-order valence-electron chi connectivity index (χ1n) is 7.83. The number of benzene rings is 2. The monoisotopic (exact) mass is 330 g/mol. The van der Waals surface area contributed by atoms with E-state index in [1.165, 1.54) is 0 Å². The Hall–Kier alpha value is -1.70. The summed E-state index contributed by atoms with van der Waals surface area (Å²) in [6.45, 7) is 7.97. The van der Waals surface area contributed by atoms with Crippen LogP contribution in [0, 0.1) is 20.8 Å². The highest BCUT2D eigenvalue weighted by molar-refractivity contribution is 7.83. The highest BCUT2D eigenvalue weighted by atomic mass is 31.2. The molecular weight excluding hydrogens is 307 g/mol. The third-order valence-electron chi connectivity index (χ3n) is 3.73. The zero-order valence-corrected chi connectivity index (χ0v) is 15.0. The first-order chi connectivity index (χ1) is 10.9. The predicted octanol–water partition coefficient (Wildman–Crippen LogP) is 4.78. The molecule has 0 radical (unpaired) electrons. The maximum Gasteiger partial charge on any atom is 0.300 e. The lowest BCUT2D eigenvalue weighted by molar-refractivity contribution is 0.105. The second-order valence-corrected chi connectivity index (χ2v) is 8.08. The van der Waals surface area contributed by atoms with Gasteiger partial charge in [-0.3, -0.25) is 9.36 Å². The summed E-state index contributed by atoms with van der Waals surface area (Å²) in [6, 6.07) is 12.7. The molecule has 122 valence electrons. The summed E-state index contributed by atoms with van der Waals surface area (Å²) in [5, 5.41) is 0.456. The summed E-state index contributed by atoms with van der Waals surface area (Å²) in [4.78, 5) is 13.1. The quantitative estimate of drug-likeness (QED) is 0.716. The highest BCUT2D eigenvalue weighted by Gasteiger charge is 2.37. The smallest absolute Gasteiger partial charge is 0.300 e. The molecular formula is C19H23O3P. The van der Waals surface area contributed by atoms with Crippen molar-refractivity contribution in [1.82, 2.24) is 0 Å². The second kappa shape index (κ2) is 7.25. The van der Waals surface area contributed by atoms with E-state index in [4.69, 9.17) is 4.52 Å². The van der Waals surface area contributed by atoms with Crippen LogP contribution >= 0.6 is 7.37 Å². The normalized spacial score (nSPS) is 13.6. The fourth-order valence-corrected chi connectivity index (χ4v) is 4.91. The molecule has 2 aromatic rings. The summed E-state index contributed by atoms with van der Waals surface area (Å²) in [6.07, 6.45) is 0.704. The van der Waals surface area contributed by atoms with Crippen molar-refractivity contribution in [2.45, 2.75) is 34.1 Å². The number of aryl methyl sites for hydroxylation is 3. The number of carbonyl (C=O) groups is 1. The number of carbonyl (C=O) groups excluding carboxylic acids is 1. The predicted molar refractivity (Wildman–Crippen MR) is 94.9 cm³/mol. The number of hydrogen-bond donors (Lipinski definition) is 0. The molecule has 2 rings (SSSR count). The minimum atomic E-state index is -3.61. The van der Waals surface area contributed by atoms with Gasteiger partial charge in [-0.25, -0.2) is 0 Å². The largest absolute Gasteiger partial charge is 0.320 e. The van der Waals surface area contributed by atoms with Crippen LogP contribution < -0.4 is 5.30 Å². The zero-order chi connectivity index (χ0) is 17.0. The molecule has 0 fully saturated rings. The molecule has 0 bridgehead atoms. The Balaban J connectivity index is 2.57. The molecule has 0 aliphatic carbocycles. The van der Waals surface area contributed by atoms with E-state index < -0.39 is 12.9 Å². The van der Waals surface area contributed by atoms with E-state index in [1.54, 1.807) is 24.3 Å². The van der Waals surface area contributed by atoms with Crippen molar-refractivity contribution in [2.75, 3.05) is 6.61 Å². The van der Waals surface area contributed by atoms with Gasteiger partial charge in [0.2, 0.25) is 0 Å². The van der Waals surface area contributed by atoms with Gasteiger partial charge in [-0.05, 0) is 50.5 Å². The third kappa shape index (κ3) is 3.63.